The molecule has 0 saturated heterocycles. The zero-order valence-corrected chi connectivity index (χ0v) is 10.1. The molecule has 1 unspecified atom stereocenters. The maximum absolute atomic E-state index is 11.4. The van der Waals surface area contributed by atoms with E-state index in [2.05, 4.69) is 15.9 Å². The molecule has 1 nitrogen and oxygen atoms in total. The molecule has 1 rings (SSSR count). The highest BCUT2D eigenvalue weighted by molar-refractivity contribution is 9.10. The topological polar surface area (TPSA) is 17.1 Å². The van der Waals surface area contributed by atoms with Crippen molar-refractivity contribution in [1.29, 1.82) is 0 Å². The third kappa shape index (κ3) is 3.01. The van der Waals surface area contributed by atoms with Crippen molar-refractivity contribution in [3.05, 3.63) is 29.8 Å². The van der Waals surface area contributed by atoms with E-state index in [1.807, 2.05) is 18.4 Å². The van der Waals surface area contributed by atoms with Crippen LogP contribution in [0.5, 0.6) is 0 Å². The first-order valence-electron chi connectivity index (χ1n) is 3.61. The van der Waals surface area contributed by atoms with E-state index in [1.165, 1.54) is 0 Å². The van der Waals surface area contributed by atoms with E-state index in [9.17, 15) is 4.79 Å². The molecule has 1 aromatic carbocycles. The zero-order chi connectivity index (χ0) is 9.84. The summed E-state index contributed by atoms with van der Waals surface area (Å²) in [7, 11) is 0. The normalized spacial score (nSPS) is 12.5. The molecule has 1 atom stereocenters. The Labute approximate surface area is 95.0 Å². The quantitative estimate of drug-likeness (QED) is 0.478. The number of hydrogen-bond acceptors (Lipinski definition) is 2. The van der Waals surface area contributed by atoms with Gasteiger partial charge >= 0.3 is 0 Å². The summed E-state index contributed by atoms with van der Waals surface area (Å²) in [5, 5.41) is 0. The lowest BCUT2D eigenvalue weighted by Gasteiger charge is -2.01. The zero-order valence-electron chi connectivity index (χ0n) is 6.96. The molecule has 0 aliphatic carbocycles. The van der Waals surface area contributed by atoms with Crippen molar-refractivity contribution >= 4 is 45.1 Å². The summed E-state index contributed by atoms with van der Waals surface area (Å²) in [5.74, 6) is -0.102. The van der Waals surface area contributed by atoms with Crippen LogP contribution in [0.2, 0.25) is 0 Å². The second-order valence-corrected chi connectivity index (χ2v) is 5.15. The van der Waals surface area contributed by atoms with Gasteiger partial charge in [-0.2, -0.15) is 0 Å². The molecule has 0 saturated carbocycles. The van der Waals surface area contributed by atoms with Crippen molar-refractivity contribution in [2.24, 2.45) is 0 Å². The minimum Gasteiger partial charge on any atom is -0.292 e. The van der Waals surface area contributed by atoms with E-state index in [0.717, 1.165) is 4.90 Å². The lowest BCUT2D eigenvalue weighted by atomic mass is 10.1. The van der Waals surface area contributed by atoms with Crippen LogP contribution in [-0.4, -0.2) is 16.3 Å². The Hall–Kier alpha value is 0.01000. The lowest BCUT2D eigenvalue weighted by molar-refractivity contribution is 0.101. The molecule has 0 bridgehead atoms. The van der Waals surface area contributed by atoms with Crippen LogP contribution in [-0.2, 0) is 0 Å². The fourth-order valence-electron chi connectivity index (χ4n) is 0.881. The van der Waals surface area contributed by atoms with Crippen LogP contribution in [0.15, 0.2) is 29.2 Å². The van der Waals surface area contributed by atoms with Crippen LogP contribution in [0.1, 0.15) is 10.4 Å². The van der Waals surface area contributed by atoms with E-state index in [4.69, 9.17) is 11.6 Å². The molecule has 0 N–H and O–H groups in total. The van der Waals surface area contributed by atoms with Crippen molar-refractivity contribution < 1.29 is 4.79 Å². The van der Waals surface area contributed by atoms with Crippen LogP contribution in [0.4, 0.5) is 0 Å². The third-order valence-corrected chi connectivity index (χ3v) is 2.93. The minimum absolute atomic E-state index is 0.102. The van der Waals surface area contributed by atoms with E-state index in [1.54, 1.807) is 23.9 Å². The van der Waals surface area contributed by atoms with E-state index in [-0.39, 0.29) is 5.78 Å². The van der Waals surface area contributed by atoms with Gasteiger partial charge in [0.1, 0.15) is 0 Å². The summed E-state index contributed by atoms with van der Waals surface area (Å²) in [6, 6.07) is 7.38. The smallest absolute Gasteiger partial charge is 0.191 e. The predicted molar refractivity (Wildman–Crippen MR) is 61.1 cm³/mol. The monoisotopic (exact) mass is 278 g/mol. The highest BCUT2D eigenvalue weighted by Crippen LogP contribution is 2.18. The van der Waals surface area contributed by atoms with Gasteiger partial charge in [-0.3, -0.25) is 4.79 Å². The number of alkyl halides is 2. The molecule has 70 valence electrons. The fourth-order valence-corrected chi connectivity index (χ4v) is 1.68. The maximum Gasteiger partial charge on any atom is 0.191 e. The van der Waals surface area contributed by atoms with Crippen LogP contribution in [0.25, 0.3) is 0 Å². The summed E-state index contributed by atoms with van der Waals surface area (Å²) in [6.45, 7) is 0. The summed E-state index contributed by atoms with van der Waals surface area (Å²) in [4.78, 5) is 12.5. The van der Waals surface area contributed by atoms with E-state index < -0.39 is 4.29 Å². The Morgan fingerprint density at radius 2 is 2.00 bits per heavy atom. The molecule has 0 aliphatic rings. The van der Waals surface area contributed by atoms with E-state index in [0.29, 0.717) is 5.56 Å². The van der Waals surface area contributed by atoms with Crippen LogP contribution < -0.4 is 0 Å². The van der Waals surface area contributed by atoms with Crippen LogP contribution in [0, 0.1) is 0 Å². The first-order chi connectivity index (χ1) is 6.15. The average molecular weight is 280 g/mol. The molecule has 4 heteroatoms. The van der Waals surface area contributed by atoms with Gasteiger partial charge in [-0.1, -0.05) is 28.1 Å². The first-order valence-corrected chi connectivity index (χ1v) is 6.19. The van der Waals surface area contributed by atoms with Gasteiger partial charge in [0.2, 0.25) is 0 Å². The SMILES string of the molecule is CSc1ccc(C(=O)C(Cl)Br)cc1. The predicted octanol–water partition coefficient (Wildman–Crippen LogP) is 3.55. The van der Waals surface area contributed by atoms with Crippen molar-refractivity contribution in [2.75, 3.05) is 6.26 Å². The van der Waals surface area contributed by atoms with Gasteiger partial charge in [-0.15, -0.1) is 23.4 Å². The lowest BCUT2D eigenvalue weighted by Crippen LogP contribution is -2.06. The molecule has 0 aliphatic heterocycles. The number of benzene rings is 1. The van der Waals surface area contributed by atoms with Crippen molar-refractivity contribution in [2.45, 2.75) is 9.18 Å². The average Bonchev–Trinajstić information content (AvgIpc) is 2.17. The van der Waals surface area contributed by atoms with Crippen LogP contribution in [0.3, 0.4) is 0 Å². The van der Waals surface area contributed by atoms with Gasteiger partial charge in [0.25, 0.3) is 0 Å². The summed E-state index contributed by atoms with van der Waals surface area (Å²) in [6.07, 6.45) is 1.99. The van der Waals surface area contributed by atoms with Gasteiger partial charge in [-0.25, -0.2) is 0 Å². The van der Waals surface area contributed by atoms with Gasteiger partial charge in [0, 0.05) is 10.5 Å². The highest BCUT2D eigenvalue weighted by Gasteiger charge is 2.12. The number of ketones is 1. The summed E-state index contributed by atoms with van der Waals surface area (Å²) >= 11 is 10.3. The molecule has 0 spiro atoms. The molecule has 0 amide bonds. The molecule has 0 aromatic heterocycles. The Bertz CT molecular complexity index is 297. The number of Topliss-reactive ketones (excluding diaryl/α,β-unsaturated/α-hetero) is 1. The van der Waals surface area contributed by atoms with Gasteiger partial charge in [0.05, 0.1) is 0 Å². The number of carbonyl (C=O) groups is 1. The Kier molecular flexibility index (Phi) is 4.29. The molecule has 13 heavy (non-hydrogen) atoms. The molecule has 0 fully saturated rings. The first kappa shape index (κ1) is 11.1. The van der Waals surface area contributed by atoms with Gasteiger partial charge < -0.3 is 0 Å². The molecule has 0 radical (unpaired) electrons. The minimum atomic E-state index is -0.632. The summed E-state index contributed by atoms with van der Waals surface area (Å²) < 4.78 is -0.632. The number of hydrogen-bond donors (Lipinski definition) is 0. The van der Waals surface area contributed by atoms with E-state index >= 15 is 0 Å². The van der Waals surface area contributed by atoms with Crippen molar-refractivity contribution in [3.8, 4) is 0 Å². The number of carbonyl (C=O) groups excluding carboxylic acids is 1. The summed E-state index contributed by atoms with van der Waals surface area (Å²) in [5.41, 5.74) is 0.634. The Morgan fingerprint density at radius 3 is 2.38 bits per heavy atom. The standard InChI is InChI=1S/C9H8BrClOS/c1-13-7-4-2-6(3-5-7)8(12)9(10)11/h2-5,9H,1H3. The number of rotatable bonds is 3. The Morgan fingerprint density at radius 1 is 1.46 bits per heavy atom. The number of thioether (sulfide) groups is 1. The highest BCUT2D eigenvalue weighted by atomic mass is 79.9. The second-order valence-electron chi connectivity index (χ2n) is 2.39. The molecule has 1 aromatic rings. The van der Waals surface area contributed by atoms with Crippen molar-refractivity contribution in [1.82, 2.24) is 0 Å². The number of halogens is 2. The second kappa shape index (κ2) is 5.03. The molecule has 0 heterocycles. The van der Waals surface area contributed by atoms with Crippen molar-refractivity contribution in [3.63, 3.8) is 0 Å². The maximum atomic E-state index is 11.4. The molecular weight excluding hydrogens is 272 g/mol. The van der Waals surface area contributed by atoms with Gasteiger partial charge in [-0.05, 0) is 18.4 Å². The van der Waals surface area contributed by atoms with Gasteiger partial charge in [0.15, 0.2) is 10.1 Å². The third-order valence-electron chi connectivity index (χ3n) is 1.57. The van der Waals surface area contributed by atoms with Crippen LogP contribution >= 0.6 is 39.3 Å². The fraction of sp³-hybridized carbons (Fsp3) is 0.222. The largest absolute Gasteiger partial charge is 0.292 e. The Balaban J connectivity index is 2.86. The molecular formula is C9H8BrClOS.